The van der Waals surface area contributed by atoms with Crippen molar-refractivity contribution in [2.24, 2.45) is 0 Å². The van der Waals surface area contributed by atoms with E-state index in [0.29, 0.717) is 5.65 Å². The third-order valence-corrected chi connectivity index (χ3v) is 5.44. The van der Waals surface area contributed by atoms with Crippen molar-refractivity contribution in [3.05, 3.63) is 47.3 Å². The van der Waals surface area contributed by atoms with Crippen LogP contribution >= 0.6 is 11.8 Å². The van der Waals surface area contributed by atoms with Gasteiger partial charge in [0.25, 0.3) is 0 Å². The molecule has 1 aromatic carbocycles. The second-order valence-corrected chi connectivity index (χ2v) is 7.31. The lowest BCUT2D eigenvalue weighted by Gasteiger charge is -2.18. The summed E-state index contributed by atoms with van der Waals surface area (Å²) in [6.07, 6.45) is 2.41. The summed E-state index contributed by atoms with van der Waals surface area (Å²) in [6.45, 7) is 6.04. The lowest BCUT2D eigenvalue weighted by molar-refractivity contribution is 0.882. The molecule has 1 saturated heterocycles. The third-order valence-electron chi connectivity index (χ3n) is 4.52. The number of hydrogen-bond acceptors (Lipinski definition) is 6. The van der Waals surface area contributed by atoms with E-state index in [1.54, 1.807) is 11.8 Å². The Morgan fingerprint density at radius 3 is 2.40 bits per heavy atom. The smallest absolute Gasteiger partial charge is 0.192 e. The first-order valence-electron chi connectivity index (χ1n) is 8.65. The summed E-state index contributed by atoms with van der Waals surface area (Å²) >= 11 is 1.65. The van der Waals surface area contributed by atoms with E-state index in [0.717, 1.165) is 46.7 Å². The molecule has 128 valence electrons. The highest BCUT2D eigenvalue weighted by Crippen LogP contribution is 2.29. The highest BCUT2D eigenvalue weighted by Gasteiger charge is 2.20. The minimum absolute atomic E-state index is 0.704. The van der Waals surface area contributed by atoms with Gasteiger partial charge in [0.15, 0.2) is 22.1 Å². The Hall–Kier alpha value is -2.21. The molecule has 1 fully saturated rings. The van der Waals surface area contributed by atoms with Gasteiger partial charge in [-0.05, 0) is 32.3 Å². The van der Waals surface area contributed by atoms with Crippen LogP contribution in [-0.2, 0) is 5.75 Å². The van der Waals surface area contributed by atoms with Crippen molar-refractivity contribution in [2.75, 3.05) is 18.0 Å². The van der Waals surface area contributed by atoms with Crippen LogP contribution in [0.3, 0.4) is 0 Å². The minimum atomic E-state index is 0.704. The molecule has 3 aromatic rings. The topological polar surface area (TPSA) is 54.8 Å². The van der Waals surface area contributed by atoms with Crippen LogP contribution in [-0.4, -0.2) is 33.0 Å². The van der Waals surface area contributed by atoms with Crippen molar-refractivity contribution in [2.45, 2.75) is 37.6 Å². The third kappa shape index (κ3) is 3.44. The lowest BCUT2D eigenvalue weighted by atomic mass is 10.2. The number of benzene rings is 1. The molecule has 0 N–H and O–H groups in total. The predicted molar refractivity (Wildman–Crippen MR) is 102 cm³/mol. The van der Waals surface area contributed by atoms with Crippen molar-refractivity contribution in [1.82, 2.24) is 19.9 Å². The standard InChI is InChI=1S/C19H21N5S/c1-13-14(2)21-17-16(20-13)18(24-10-6-7-11-24)23-19(22-17)25-12-15-8-4-3-5-9-15/h3-5,8-9H,6-7,10-12H2,1-2H3. The maximum atomic E-state index is 4.84. The van der Waals surface area contributed by atoms with Crippen LogP contribution in [0.4, 0.5) is 5.82 Å². The van der Waals surface area contributed by atoms with Crippen molar-refractivity contribution >= 4 is 28.7 Å². The molecule has 0 radical (unpaired) electrons. The van der Waals surface area contributed by atoms with Gasteiger partial charge in [-0.15, -0.1) is 0 Å². The molecule has 2 aromatic heterocycles. The molecule has 0 saturated carbocycles. The van der Waals surface area contributed by atoms with Crippen molar-refractivity contribution in [3.8, 4) is 0 Å². The largest absolute Gasteiger partial charge is 0.355 e. The Morgan fingerprint density at radius 2 is 1.64 bits per heavy atom. The predicted octanol–water partition coefficient (Wildman–Crippen LogP) is 3.93. The van der Waals surface area contributed by atoms with E-state index in [9.17, 15) is 0 Å². The zero-order chi connectivity index (χ0) is 17.2. The van der Waals surface area contributed by atoms with Crippen LogP contribution in [0.1, 0.15) is 29.8 Å². The fourth-order valence-corrected chi connectivity index (χ4v) is 3.80. The molecule has 3 heterocycles. The van der Waals surface area contributed by atoms with Gasteiger partial charge in [-0.2, -0.15) is 0 Å². The van der Waals surface area contributed by atoms with Crippen LogP contribution < -0.4 is 4.90 Å². The van der Waals surface area contributed by atoms with E-state index in [2.05, 4.69) is 39.1 Å². The molecular weight excluding hydrogens is 330 g/mol. The Morgan fingerprint density at radius 1 is 0.920 bits per heavy atom. The average Bonchev–Trinajstić information content (AvgIpc) is 3.16. The number of thioether (sulfide) groups is 1. The van der Waals surface area contributed by atoms with E-state index in [1.807, 2.05) is 19.9 Å². The van der Waals surface area contributed by atoms with Crippen LogP contribution in [0.25, 0.3) is 11.2 Å². The summed E-state index contributed by atoms with van der Waals surface area (Å²) in [5.41, 5.74) is 4.67. The molecule has 0 aliphatic carbocycles. The van der Waals surface area contributed by atoms with E-state index in [-0.39, 0.29) is 0 Å². The quantitative estimate of drug-likeness (QED) is 0.524. The molecule has 0 unspecified atom stereocenters. The maximum Gasteiger partial charge on any atom is 0.192 e. The summed E-state index contributed by atoms with van der Waals surface area (Å²) in [4.78, 5) is 21.2. The van der Waals surface area contributed by atoms with Crippen molar-refractivity contribution in [1.29, 1.82) is 0 Å². The fraction of sp³-hybridized carbons (Fsp3) is 0.368. The highest BCUT2D eigenvalue weighted by molar-refractivity contribution is 7.98. The lowest BCUT2D eigenvalue weighted by Crippen LogP contribution is -2.20. The zero-order valence-corrected chi connectivity index (χ0v) is 15.4. The summed E-state index contributed by atoms with van der Waals surface area (Å²) < 4.78 is 0. The Balaban J connectivity index is 1.73. The second kappa shape index (κ2) is 6.96. The number of aryl methyl sites for hydroxylation is 2. The first-order chi connectivity index (χ1) is 12.2. The molecule has 1 aliphatic heterocycles. The average molecular weight is 351 g/mol. The molecular formula is C19H21N5S. The Labute approximate surface area is 151 Å². The molecule has 1 aliphatic rings. The molecule has 4 rings (SSSR count). The molecule has 6 heteroatoms. The Bertz CT molecular complexity index is 891. The first kappa shape index (κ1) is 16.3. The first-order valence-corrected chi connectivity index (χ1v) is 9.64. The summed E-state index contributed by atoms with van der Waals surface area (Å²) in [5.74, 6) is 1.79. The van der Waals surface area contributed by atoms with Gasteiger partial charge in [-0.1, -0.05) is 42.1 Å². The molecule has 25 heavy (non-hydrogen) atoms. The van der Waals surface area contributed by atoms with Crippen molar-refractivity contribution in [3.63, 3.8) is 0 Å². The van der Waals surface area contributed by atoms with Crippen molar-refractivity contribution < 1.29 is 0 Å². The van der Waals surface area contributed by atoms with Gasteiger partial charge < -0.3 is 4.90 Å². The minimum Gasteiger partial charge on any atom is -0.355 e. The monoisotopic (exact) mass is 351 g/mol. The van der Waals surface area contributed by atoms with Gasteiger partial charge in [0.1, 0.15) is 0 Å². The van der Waals surface area contributed by atoms with E-state index < -0.39 is 0 Å². The van der Waals surface area contributed by atoms with E-state index in [1.165, 1.54) is 18.4 Å². The summed E-state index contributed by atoms with van der Waals surface area (Å²) in [7, 11) is 0. The zero-order valence-electron chi connectivity index (χ0n) is 14.6. The van der Waals surface area contributed by atoms with Gasteiger partial charge in [0, 0.05) is 18.8 Å². The van der Waals surface area contributed by atoms with E-state index >= 15 is 0 Å². The number of aromatic nitrogens is 4. The molecule has 0 atom stereocenters. The summed E-state index contributed by atoms with van der Waals surface area (Å²) in [6, 6.07) is 10.4. The van der Waals surface area contributed by atoms with Crippen LogP contribution in [0, 0.1) is 13.8 Å². The van der Waals surface area contributed by atoms with Gasteiger partial charge in [0.05, 0.1) is 11.4 Å². The van der Waals surface area contributed by atoms with Gasteiger partial charge in [-0.25, -0.2) is 19.9 Å². The van der Waals surface area contributed by atoms with Crippen LogP contribution in [0.2, 0.25) is 0 Å². The Kier molecular flexibility index (Phi) is 4.53. The number of anilines is 1. The number of fused-ring (bicyclic) bond motifs is 1. The molecule has 0 amide bonds. The maximum absolute atomic E-state index is 4.84. The van der Waals surface area contributed by atoms with Crippen LogP contribution in [0.15, 0.2) is 35.5 Å². The van der Waals surface area contributed by atoms with E-state index in [4.69, 9.17) is 9.97 Å². The van der Waals surface area contributed by atoms with Crippen LogP contribution in [0.5, 0.6) is 0 Å². The molecule has 5 nitrogen and oxygen atoms in total. The molecule has 0 bridgehead atoms. The highest BCUT2D eigenvalue weighted by atomic mass is 32.2. The van der Waals surface area contributed by atoms with Gasteiger partial charge in [-0.3, -0.25) is 0 Å². The summed E-state index contributed by atoms with van der Waals surface area (Å²) in [5, 5.41) is 0.774. The normalized spacial score (nSPS) is 14.4. The number of nitrogens with zero attached hydrogens (tertiary/aromatic N) is 5. The second-order valence-electron chi connectivity index (χ2n) is 6.36. The SMILES string of the molecule is Cc1nc2nc(SCc3ccccc3)nc(N3CCCC3)c2nc1C. The molecule has 0 spiro atoms. The number of rotatable bonds is 4. The van der Waals surface area contributed by atoms with Gasteiger partial charge in [0.2, 0.25) is 0 Å². The van der Waals surface area contributed by atoms with Gasteiger partial charge >= 0.3 is 0 Å². The number of hydrogen-bond donors (Lipinski definition) is 0. The fourth-order valence-electron chi connectivity index (χ4n) is 3.01.